The van der Waals surface area contributed by atoms with Crippen molar-refractivity contribution in [3.63, 3.8) is 0 Å². The van der Waals surface area contributed by atoms with Crippen LogP contribution < -0.4 is 0 Å². The van der Waals surface area contributed by atoms with E-state index in [9.17, 15) is 0 Å². The van der Waals surface area contributed by atoms with E-state index in [1.165, 1.54) is 12.8 Å². The Labute approximate surface area is 111 Å². The highest BCUT2D eigenvalue weighted by Crippen LogP contribution is 2.40. The molecule has 0 aliphatic heterocycles. The van der Waals surface area contributed by atoms with Crippen LogP contribution in [0.25, 0.3) is 0 Å². The summed E-state index contributed by atoms with van der Waals surface area (Å²) < 4.78 is 7.65. The Bertz CT molecular complexity index is 514. The molecular formula is C13H17N3OS. The zero-order chi connectivity index (χ0) is 12.5. The molecule has 2 aromatic rings. The van der Waals surface area contributed by atoms with Gasteiger partial charge in [-0.05, 0) is 25.0 Å². The summed E-state index contributed by atoms with van der Waals surface area (Å²) in [6, 6.07) is 3.92. The topological polar surface area (TPSA) is 43.9 Å². The smallest absolute Gasteiger partial charge is 0.191 e. The van der Waals surface area contributed by atoms with Crippen LogP contribution in [-0.2, 0) is 6.54 Å². The largest absolute Gasteiger partial charge is 0.467 e. The van der Waals surface area contributed by atoms with Crippen molar-refractivity contribution >= 4 is 11.8 Å². The van der Waals surface area contributed by atoms with Crippen LogP contribution in [0.2, 0.25) is 0 Å². The van der Waals surface area contributed by atoms with Gasteiger partial charge in [-0.15, -0.1) is 10.2 Å². The van der Waals surface area contributed by atoms with Gasteiger partial charge in [0, 0.05) is 11.2 Å². The fraction of sp³-hybridized carbons (Fsp3) is 0.538. The minimum atomic E-state index is 0.511. The van der Waals surface area contributed by atoms with Crippen molar-refractivity contribution in [3.05, 3.63) is 30.0 Å². The minimum Gasteiger partial charge on any atom is -0.467 e. The number of rotatable bonds is 5. The Morgan fingerprint density at radius 3 is 2.89 bits per heavy atom. The van der Waals surface area contributed by atoms with Gasteiger partial charge in [0.2, 0.25) is 0 Å². The Morgan fingerprint density at radius 2 is 2.28 bits per heavy atom. The number of hydrogen-bond donors (Lipinski definition) is 0. The van der Waals surface area contributed by atoms with Gasteiger partial charge in [-0.1, -0.05) is 25.6 Å². The fourth-order valence-electron chi connectivity index (χ4n) is 1.95. The van der Waals surface area contributed by atoms with Crippen molar-refractivity contribution < 1.29 is 4.42 Å². The summed E-state index contributed by atoms with van der Waals surface area (Å²) in [7, 11) is 0. The minimum absolute atomic E-state index is 0.511. The molecule has 3 rings (SSSR count). The molecule has 0 radical (unpaired) electrons. The van der Waals surface area contributed by atoms with Crippen LogP contribution in [0.5, 0.6) is 0 Å². The van der Waals surface area contributed by atoms with Crippen molar-refractivity contribution in [2.75, 3.05) is 0 Å². The van der Waals surface area contributed by atoms with Gasteiger partial charge in [0.1, 0.15) is 11.6 Å². The third-order valence-electron chi connectivity index (χ3n) is 2.92. The van der Waals surface area contributed by atoms with Gasteiger partial charge < -0.3 is 4.42 Å². The van der Waals surface area contributed by atoms with Crippen molar-refractivity contribution in [1.29, 1.82) is 0 Å². The molecule has 0 bridgehead atoms. The maximum absolute atomic E-state index is 5.44. The molecule has 1 aliphatic rings. The van der Waals surface area contributed by atoms with Crippen LogP contribution >= 0.6 is 11.8 Å². The van der Waals surface area contributed by atoms with Crippen molar-refractivity contribution in [2.24, 2.45) is 0 Å². The molecule has 1 fully saturated rings. The third-order valence-corrected chi connectivity index (χ3v) is 3.91. The second kappa shape index (κ2) is 4.80. The van der Waals surface area contributed by atoms with Gasteiger partial charge in [0.15, 0.2) is 5.16 Å². The molecule has 0 saturated heterocycles. The van der Waals surface area contributed by atoms with Crippen LogP contribution in [-0.4, -0.2) is 20.0 Å². The lowest BCUT2D eigenvalue weighted by Gasteiger charge is -2.09. The number of aromatic nitrogens is 3. The van der Waals surface area contributed by atoms with Gasteiger partial charge in [-0.2, -0.15) is 0 Å². The molecule has 0 aromatic carbocycles. The first kappa shape index (κ1) is 11.8. The maximum Gasteiger partial charge on any atom is 0.191 e. The van der Waals surface area contributed by atoms with E-state index >= 15 is 0 Å². The van der Waals surface area contributed by atoms with E-state index < -0.39 is 0 Å². The van der Waals surface area contributed by atoms with Crippen LogP contribution in [0, 0.1) is 0 Å². The van der Waals surface area contributed by atoms with Gasteiger partial charge in [-0.25, -0.2) is 0 Å². The maximum atomic E-state index is 5.44. The molecule has 4 nitrogen and oxygen atoms in total. The van der Waals surface area contributed by atoms with Crippen molar-refractivity contribution in [1.82, 2.24) is 14.8 Å². The highest BCUT2D eigenvalue weighted by Gasteiger charge is 2.30. The molecule has 2 heterocycles. The van der Waals surface area contributed by atoms with Crippen molar-refractivity contribution in [3.8, 4) is 0 Å². The van der Waals surface area contributed by atoms with E-state index in [-0.39, 0.29) is 0 Å². The molecule has 0 N–H and O–H groups in total. The summed E-state index contributed by atoms with van der Waals surface area (Å²) in [4.78, 5) is 0. The number of furan rings is 1. The lowest BCUT2D eigenvalue weighted by atomic mass is 10.3. The first-order chi connectivity index (χ1) is 8.74. The lowest BCUT2D eigenvalue weighted by molar-refractivity contribution is 0.478. The average molecular weight is 263 g/mol. The number of hydrogen-bond acceptors (Lipinski definition) is 4. The average Bonchev–Trinajstić information content (AvgIpc) is 2.90. The zero-order valence-electron chi connectivity index (χ0n) is 10.7. The first-order valence-corrected chi connectivity index (χ1v) is 7.24. The van der Waals surface area contributed by atoms with E-state index in [1.54, 1.807) is 18.0 Å². The van der Waals surface area contributed by atoms with Crippen LogP contribution in [0.3, 0.4) is 0 Å². The molecule has 2 aromatic heterocycles. The van der Waals surface area contributed by atoms with E-state index in [2.05, 4.69) is 28.6 Å². The summed E-state index contributed by atoms with van der Waals surface area (Å²) in [6.45, 7) is 5.08. The molecule has 96 valence electrons. The molecule has 0 atom stereocenters. The highest BCUT2D eigenvalue weighted by atomic mass is 32.2. The van der Waals surface area contributed by atoms with Crippen LogP contribution in [0.4, 0.5) is 0 Å². The predicted octanol–water partition coefficient (Wildman–Crippen LogP) is 3.30. The van der Waals surface area contributed by atoms with E-state index in [0.29, 0.717) is 11.2 Å². The quantitative estimate of drug-likeness (QED) is 0.776. The normalized spacial score (nSPS) is 15.5. The van der Waals surface area contributed by atoms with Gasteiger partial charge in [0.25, 0.3) is 0 Å². The summed E-state index contributed by atoms with van der Waals surface area (Å²) in [5, 5.41) is 10.2. The summed E-state index contributed by atoms with van der Waals surface area (Å²) in [5.74, 6) is 2.69. The highest BCUT2D eigenvalue weighted by molar-refractivity contribution is 7.99. The molecule has 1 saturated carbocycles. The first-order valence-electron chi connectivity index (χ1n) is 6.36. The van der Waals surface area contributed by atoms with Gasteiger partial charge in [-0.3, -0.25) is 4.57 Å². The molecule has 1 aliphatic carbocycles. The van der Waals surface area contributed by atoms with Crippen LogP contribution in [0.15, 0.2) is 28.0 Å². The predicted molar refractivity (Wildman–Crippen MR) is 70.8 cm³/mol. The van der Waals surface area contributed by atoms with Gasteiger partial charge in [0.05, 0.1) is 12.8 Å². The van der Waals surface area contributed by atoms with Gasteiger partial charge >= 0.3 is 0 Å². The fourth-order valence-corrected chi connectivity index (χ4v) is 2.74. The summed E-state index contributed by atoms with van der Waals surface area (Å²) in [6.07, 6.45) is 4.19. The Balaban J connectivity index is 1.89. The molecular weight excluding hydrogens is 246 g/mol. The molecule has 18 heavy (non-hydrogen) atoms. The third kappa shape index (κ3) is 2.46. The van der Waals surface area contributed by atoms with E-state index in [4.69, 9.17) is 4.42 Å². The molecule has 0 unspecified atom stereocenters. The summed E-state index contributed by atoms with van der Waals surface area (Å²) >= 11 is 1.76. The lowest BCUT2D eigenvalue weighted by Crippen LogP contribution is -2.06. The second-order valence-corrected chi connectivity index (χ2v) is 6.49. The number of thioether (sulfide) groups is 1. The second-order valence-electron chi connectivity index (χ2n) is 4.95. The molecule has 0 spiro atoms. The SMILES string of the molecule is CC(C)Sc1nnc(C2CC2)n1Cc1ccco1. The Kier molecular flexibility index (Phi) is 3.16. The standard InChI is InChI=1S/C13H17N3OS/c1-9(2)18-13-15-14-12(10-5-6-10)16(13)8-11-4-3-7-17-11/h3-4,7,9-10H,5-6,8H2,1-2H3. The summed E-state index contributed by atoms with van der Waals surface area (Å²) in [5.41, 5.74) is 0. The van der Waals surface area contributed by atoms with E-state index in [1.807, 2.05) is 12.1 Å². The monoisotopic (exact) mass is 263 g/mol. The molecule has 0 amide bonds. The Hall–Kier alpha value is -1.23. The Morgan fingerprint density at radius 1 is 1.44 bits per heavy atom. The van der Waals surface area contributed by atoms with Crippen LogP contribution in [0.1, 0.15) is 44.2 Å². The van der Waals surface area contributed by atoms with E-state index in [0.717, 1.165) is 23.3 Å². The number of nitrogens with zero attached hydrogens (tertiary/aromatic N) is 3. The zero-order valence-corrected chi connectivity index (χ0v) is 11.5. The molecule has 5 heteroatoms. The van der Waals surface area contributed by atoms with Crippen molar-refractivity contribution in [2.45, 2.75) is 49.6 Å².